The highest BCUT2D eigenvalue weighted by molar-refractivity contribution is 9.13. The van der Waals surface area contributed by atoms with Crippen molar-refractivity contribution in [1.82, 2.24) is 0 Å². The van der Waals surface area contributed by atoms with Gasteiger partial charge in [0.15, 0.2) is 11.5 Å². The standard InChI is InChI=1S/C18H18Br2N2O3/c1-24-16-10-13(19)17(20)12(18(16)23)11-21-14-4-2-3-5-15(14)22-6-8-25-9-7-22/h2-5,10-11,23H,6-9H2,1H3. The molecule has 0 aromatic heterocycles. The van der Waals surface area contributed by atoms with Crippen LogP contribution >= 0.6 is 31.9 Å². The molecule has 2 aromatic carbocycles. The molecular weight excluding hydrogens is 452 g/mol. The lowest BCUT2D eigenvalue weighted by Gasteiger charge is -2.29. The third-order valence-corrected chi connectivity index (χ3v) is 5.99. The fraction of sp³-hybridized carbons (Fsp3) is 0.278. The summed E-state index contributed by atoms with van der Waals surface area (Å²) in [4.78, 5) is 6.87. The van der Waals surface area contributed by atoms with E-state index in [2.05, 4.69) is 41.8 Å². The quantitative estimate of drug-likeness (QED) is 0.669. The van der Waals surface area contributed by atoms with Crippen LogP contribution in [0.1, 0.15) is 5.56 Å². The molecule has 1 aliphatic heterocycles. The molecule has 1 N–H and O–H groups in total. The van der Waals surface area contributed by atoms with E-state index in [4.69, 9.17) is 9.47 Å². The van der Waals surface area contributed by atoms with Gasteiger partial charge in [-0.2, -0.15) is 0 Å². The number of hydrogen-bond acceptors (Lipinski definition) is 5. The number of ether oxygens (including phenoxy) is 2. The number of morpholine rings is 1. The minimum absolute atomic E-state index is 0.0465. The molecule has 1 aliphatic rings. The highest BCUT2D eigenvalue weighted by Gasteiger charge is 2.16. The molecule has 1 saturated heterocycles. The van der Waals surface area contributed by atoms with E-state index in [-0.39, 0.29) is 5.75 Å². The zero-order valence-electron chi connectivity index (χ0n) is 13.7. The van der Waals surface area contributed by atoms with Gasteiger partial charge in [0.2, 0.25) is 0 Å². The van der Waals surface area contributed by atoms with Crippen molar-refractivity contribution in [2.75, 3.05) is 38.3 Å². The van der Waals surface area contributed by atoms with Crippen molar-refractivity contribution in [3.8, 4) is 11.5 Å². The third-order valence-electron chi connectivity index (χ3n) is 3.98. The van der Waals surface area contributed by atoms with Crippen LogP contribution in [0.4, 0.5) is 11.4 Å². The van der Waals surface area contributed by atoms with E-state index in [1.165, 1.54) is 7.11 Å². The minimum atomic E-state index is 0.0465. The van der Waals surface area contributed by atoms with Crippen LogP contribution in [0.3, 0.4) is 0 Å². The van der Waals surface area contributed by atoms with Gasteiger partial charge in [0.05, 0.1) is 37.3 Å². The first-order chi connectivity index (χ1) is 12.1. The van der Waals surface area contributed by atoms with Crippen LogP contribution in [0.15, 0.2) is 44.3 Å². The molecular formula is C18H18Br2N2O3. The van der Waals surface area contributed by atoms with Gasteiger partial charge in [0, 0.05) is 28.2 Å². The molecule has 0 radical (unpaired) electrons. The number of hydrogen-bond donors (Lipinski definition) is 1. The van der Waals surface area contributed by atoms with Crippen molar-refractivity contribution in [3.63, 3.8) is 0 Å². The minimum Gasteiger partial charge on any atom is -0.504 e. The Hall–Kier alpha value is -1.57. The number of nitrogens with zero attached hydrogens (tertiary/aromatic N) is 2. The molecule has 5 nitrogen and oxygen atoms in total. The molecule has 132 valence electrons. The first-order valence-corrected chi connectivity index (χ1v) is 9.41. The second-order valence-electron chi connectivity index (χ2n) is 5.48. The average molecular weight is 470 g/mol. The maximum Gasteiger partial charge on any atom is 0.167 e. The lowest BCUT2D eigenvalue weighted by molar-refractivity contribution is 0.123. The Kier molecular flexibility index (Phi) is 5.98. The molecule has 1 fully saturated rings. The zero-order chi connectivity index (χ0) is 17.8. The Balaban J connectivity index is 1.97. The van der Waals surface area contributed by atoms with Crippen LogP contribution in [0, 0.1) is 0 Å². The molecule has 3 rings (SSSR count). The van der Waals surface area contributed by atoms with Crippen molar-refractivity contribution in [3.05, 3.63) is 44.8 Å². The summed E-state index contributed by atoms with van der Waals surface area (Å²) in [6.07, 6.45) is 1.64. The van der Waals surface area contributed by atoms with E-state index in [1.54, 1.807) is 12.3 Å². The normalized spacial score (nSPS) is 14.9. The number of benzene rings is 2. The summed E-state index contributed by atoms with van der Waals surface area (Å²) in [7, 11) is 1.52. The van der Waals surface area contributed by atoms with Crippen molar-refractivity contribution in [2.45, 2.75) is 0 Å². The Labute approximate surface area is 163 Å². The van der Waals surface area contributed by atoms with Gasteiger partial charge >= 0.3 is 0 Å². The van der Waals surface area contributed by atoms with Gasteiger partial charge < -0.3 is 19.5 Å². The summed E-state index contributed by atoms with van der Waals surface area (Å²) < 4.78 is 12.1. The molecule has 0 atom stereocenters. The topological polar surface area (TPSA) is 54.3 Å². The van der Waals surface area contributed by atoms with Crippen LogP contribution in [0.5, 0.6) is 11.5 Å². The Bertz CT molecular complexity index is 790. The smallest absolute Gasteiger partial charge is 0.167 e. The molecule has 25 heavy (non-hydrogen) atoms. The van der Waals surface area contributed by atoms with E-state index >= 15 is 0 Å². The predicted molar refractivity (Wildman–Crippen MR) is 107 cm³/mol. The number of methoxy groups -OCH3 is 1. The summed E-state index contributed by atoms with van der Waals surface area (Å²) in [6.45, 7) is 3.11. The lowest BCUT2D eigenvalue weighted by atomic mass is 10.2. The van der Waals surface area contributed by atoms with E-state index in [0.717, 1.165) is 33.4 Å². The molecule has 0 aliphatic carbocycles. The summed E-state index contributed by atoms with van der Waals surface area (Å²) in [5, 5.41) is 10.4. The number of aromatic hydroxyl groups is 1. The van der Waals surface area contributed by atoms with Gasteiger partial charge in [-0.05, 0) is 50.1 Å². The molecule has 0 amide bonds. The van der Waals surface area contributed by atoms with Crippen molar-refractivity contribution >= 4 is 49.4 Å². The largest absolute Gasteiger partial charge is 0.504 e. The highest BCUT2D eigenvalue weighted by atomic mass is 79.9. The van der Waals surface area contributed by atoms with Crippen LogP contribution in [0.2, 0.25) is 0 Å². The fourth-order valence-electron chi connectivity index (χ4n) is 2.66. The highest BCUT2D eigenvalue weighted by Crippen LogP contribution is 2.40. The monoisotopic (exact) mass is 468 g/mol. The average Bonchev–Trinajstić information content (AvgIpc) is 2.65. The van der Waals surface area contributed by atoms with Gasteiger partial charge in [0.1, 0.15) is 0 Å². The first-order valence-electron chi connectivity index (χ1n) is 7.82. The summed E-state index contributed by atoms with van der Waals surface area (Å²) in [6, 6.07) is 9.67. The van der Waals surface area contributed by atoms with E-state index in [0.29, 0.717) is 24.5 Å². The SMILES string of the molecule is COc1cc(Br)c(Br)c(C=Nc2ccccc2N2CCOCC2)c1O. The molecule has 0 bridgehead atoms. The zero-order valence-corrected chi connectivity index (χ0v) is 16.9. The second-order valence-corrected chi connectivity index (χ2v) is 7.13. The third kappa shape index (κ3) is 3.99. The van der Waals surface area contributed by atoms with Gasteiger partial charge in [0.25, 0.3) is 0 Å². The molecule has 2 aromatic rings. The Morgan fingerprint density at radius 3 is 2.68 bits per heavy atom. The van der Waals surface area contributed by atoms with Gasteiger partial charge in [-0.25, -0.2) is 0 Å². The molecule has 1 heterocycles. The molecule has 0 spiro atoms. The van der Waals surface area contributed by atoms with E-state index < -0.39 is 0 Å². The first kappa shape index (κ1) is 18.2. The second kappa shape index (κ2) is 8.21. The summed E-state index contributed by atoms with van der Waals surface area (Å²) >= 11 is 6.94. The maximum absolute atomic E-state index is 10.4. The Morgan fingerprint density at radius 2 is 1.96 bits per heavy atom. The van der Waals surface area contributed by atoms with Gasteiger partial charge in [-0.15, -0.1) is 0 Å². The summed E-state index contributed by atoms with van der Waals surface area (Å²) in [5.41, 5.74) is 2.46. The Morgan fingerprint density at radius 1 is 1.24 bits per heavy atom. The number of aliphatic imine (C=N–C) groups is 1. The van der Waals surface area contributed by atoms with E-state index in [9.17, 15) is 5.11 Å². The molecule has 0 unspecified atom stereocenters. The van der Waals surface area contributed by atoms with Crippen molar-refractivity contribution < 1.29 is 14.6 Å². The van der Waals surface area contributed by atoms with Crippen molar-refractivity contribution in [2.24, 2.45) is 4.99 Å². The number of anilines is 1. The lowest BCUT2D eigenvalue weighted by Crippen LogP contribution is -2.36. The number of rotatable bonds is 4. The molecule has 0 saturated carbocycles. The van der Waals surface area contributed by atoms with Crippen LogP contribution in [-0.2, 0) is 4.74 Å². The van der Waals surface area contributed by atoms with Gasteiger partial charge in [-0.1, -0.05) is 12.1 Å². The number of para-hydroxylation sites is 2. The summed E-state index contributed by atoms with van der Waals surface area (Å²) in [5.74, 6) is 0.433. The van der Waals surface area contributed by atoms with Crippen LogP contribution < -0.4 is 9.64 Å². The van der Waals surface area contributed by atoms with Crippen LogP contribution in [0.25, 0.3) is 0 Å². The predicted octanol–water partition coefficient (Wildman–Crippen LogP) is 4.51. The molecule has 7 heteroatoms. The number of phenols is 1. The van der Waals surface area contributed by atoms with Gasteiger partial charge in [-0.3, -0.25) is 4.99 Å². The fourth-order valence-corrected chi connectivity index (χ4v) is 3.49. The number of halogens is 2. The number of phenolic OH excluding ortho intramolecular Hbond substituents is 1. The van der Waals surface area contributed by atoms with E-state index in [1.807, 2.05) is 24.3 Å². The van der Waals surface area contributed by atoms with Crippen molar-refractivity contribution in [1.29, 1.82) is 0 Å². The van der Waals surface area contributed by atoms with Crippen LogP contribution in [-0.4, -0.2) is 44.7 Å². The maximum atomic E-state index is 10.4.